The number of aromatic nitrogens is 2. The van der Waals surface area contributed by atoms with Gasteiger partial charge in [0.25, 0.3) is 0 Å². The first-order valence-electron chi connectivity index (χ1n) is 4.83. The van der Waals surface area contributed by atoms with E-state index in [0.717, 1.165) is 12.8 Å². The Hall–Kier alpha value is -1.04. The summed E-state index contributed by atoms with van der Waals surface area (Å²) in [6.07, 6.45) is -0.266. The van der Waals surface area contributed by atoms with Gasteiger partial charge in [-0.3, -0.25) is 5.10 Å². The molecule has 1 aromatic rings. The van der Waals surface area contributed by atoms with Gasteiger partial charge >= 0.3 is 6.18 Å². The number of H-pyrrole nitrogens is 1. The molecule has 0 aromatic carbocycles. The van der Waals surface area contributed by atoms with Gasteiger partial charge in [0.2, 0.25) is 0 Å². The van der Waals surface area contributed by atoms with Gasteiger partial charge in [0.05, 0.1) is 6.20 Å². The molecule has 3 N–H and O–H groups in total. The van der Waals surface area contributed by atoms with Crippen LogP contribution in [0.4, 0.5) is 13.2 Å². The topological polar surface area (TPSA) is 54.7 Å². The van der Waals surface area contributed by atoms with Crippen LogP contribution in [0, 0.1) is 0 Å². The number of nitrogens with zero attached hydrogens (tertiary/aromatic N) is 1. The molecule has 0 atom stereocenters. The minimum Gasteiger partial charge on any atom is -0.321 e. The van der Waals surface area contributed by atoms with Crippen molar-refractivity contribution in [1.82, 2.24) is 10.2 Å². The molecule has 1 fully saturated rings. The summed E-state index contributed by atoms with van der Waals surface area (Å²) in [5.74, 6) is 0. The highest BCUT2D eigenvalue weighted by Crippen LogP contribution is 2.41. The number of rotatable bonds is 1. The first-order chi connectivity index (χ1) is 6.93. The molecule has 1 aromatic heterocycles. The maximum Gasteiger partial charge on any atom is 0.433 e. The lowest BCUT2D eigenvalue weighted by Crippen LogP contribution is -2.34. The summed E-state index contributed by atoms with van der Waals surface area (Å²) in [4.78, 5) is 0. The molecule has 1 saturated carbocycles. The lowest BCUT2D eigenvalue weighted by molar-refractivity contribution is -0.142. The summed E-state index contributed by atoms with van der Waals surface area (Å²) in [5.41, 5.74) is 4.42. The SMILES string of the molecule is NC1(c2cn[nH]c2C(F)(F)F)CCCC1. The van der Waals surface area contributed by atoms with E-state index < -0.39 is 17.4 Å². The minimum atomic E-state index is -4.40. The Kier molecular flexibility index (Phi) is 2.26. The summed E-state index contributed by atoms with van der Waals surface area (Å²) in [7, 11) is 0. The van der Waals surface area contributed by atoms with E-state index in [0.29, 0.717) is 12.8 Å². The van der Waals surface area contributed by atoms with E-state index in [9.17, 15) is 13.2 Å². The summed E-state index contributed by atoms with van der Waals surface area (Å²) in [5, 5.41) is 5.45. The zero-order chi connectivity index (χ0) is 11.1. The summed E-state index contributed by atoms with van der Waals surface area (Å²) < 4.78 is 37.7. The fraction of sp³-hybridized carbons (Fsp3) is 0.667. The molecule has 84 valence electrons. The third-order valence-electron chi connectivity index (χ3n) is 2.95. The van der Waals surface area contributed by atoms with Gasteiger partial charge in [-0.25, -0.2) is 0 Å². The largest absolute Gasteiger partial charge is 0.433 e. The summed E-state index contributed by atoms with van der Waals surface area (Å²) >= 11 is 0. The van der Waals surface area contributed by atoms with Crippen LogP contribution in [0.2, 0.25) is 0 Å². The van der Waals surface area contributed by atoms with Crippen molar-refractivity contribution in [3.05, 3.63) is 17.5 Å². The zero-order valence-corrected chi connectivity index (χ0v) is 8.06. The molecule has 0 bridgehead atoms. The molecule has 0 radical (unpaired) electrons. The van der Waals surface area contributed by atoms with Gasteiger partial charge < -0.3 is 5.73 Å². The van der Waals surface area contributed by atoms with Crippen LogP contribution in [0.5, 0.6) is 0 Å². The number of nitrogens with one attached hydrogen (secondary N) is 1. The molecule has 0 aliphatic heterocycles. The average molecular weight is 219 g/mol. The average Bonchev–Trinajstić information content (AvgIpc) is 2.69. The van der Waals surface area contributed by atoms with Crippen LogP contribution in [-0.2, 0) is 11.7 Å². The standard InChI is InChI=1S/C9H12F3N3/c10-9(11,12)7-6(5-14-15-7)8(13)3-1-2-4-8/h5H,1-4,13H2,(H,14,15). The van der Waals surface area contributed by atoms with Crippen molar-refractivity contribution in [2.24, 2.45) is 5.73 Å². The monoisotopic (exact) mass is 219 g/mol. The molecule has 15 heavy (non-hydrogen) atoms. The fourth-order valence-corrected chi connectivity index (χ4v) is 2.15. The van der Waals surface area contributed by atoms with Gasteiger partial charge in [-0.05, 0) is 12.8 Å². The Morgan fingerprint density at radius 2 is 1.93 bits per heavy atom. The Labute approximate surface area is 84.8 Å². The van der Waals surface area contributed by atoms with Crippen LogP contribution in [0.15, 0.2) is 6.20 Å². The number of hydrogen-bond acceptors (Lipinski definition) is 2. The molecular formula is C9H12F3N3. The summed E-state index contributed by atoms with van der Waals surface area (Å²) in [6, 6.07) is 0. The zero-order valence-electron chi connectivity index (χ0n) is 8.06. The molecule has 3 nitrogen and oxygen atoms in total. The fourth-order valence-electron chi connectivity index (χ4n) is 2.15. The van der Waals surface area contributed by atoms with Gasteiger partial charge in [0.1, 0.15) is 5.69 Å². The van der Waals surface area contributed by atoms with Crippen molar-refractivity contribution < 1.29 is 13.2 Å². The molecule has 0 amide bonds. The Balaban J connectivity index is 2.40. The maximum absolute atomic E-state index is 12.6. The molecule has 0 unspecified atom stereocenters. The molecule has 1 aliphatic carbocycles. The smallest absolute Gasteiger partial charge is 0.321 e. The third-order valence-corrected chi connectivity index (χ3v) is 2.95. The second-order valence-corrected chi connectivity index (χ2v) is 4.02. The third kappa shape index (κ3) is 1.73. The van der Waals surface area contributed by atoms with Gasteiger partial charge in [-0.1, -0.05) is 12.8 Å². The molecule has 2 rings (SSSR count). The van der Waals surface area contributed by atoms with Crippen LogP contribution in [0.1, 0.15) is 36.9 Å². The number of halogens is 3. The Morgan fingerprint density at radius 1 is 1.33 bits per heavy atom. The van der Waals surface area contributed by atoms with Crippen LogP contribution in [0.25, 0.3) is 0 Å². The molecule has 6 heteroatoms. The number of nitrogens with two attached hydrogens (primary N) is 1. The molecule has 0 spiro atoms. The lowest BCUT2D eigenvalue weighted by Gasteiger charge is -2.24. The van der Waals surface area contributed by atoms with E-state index in [4.69, 9.17) is 5.73 Å². The van der Waals surface area contributed by atoms with Crippen molar-refractivity contribution in [2.45, 2.75) is 37.4 Å². The molecule has 0 saturated heterocycles. The van der Waals surface area contributed by atoms with Crippen LogP contribution < -0.4 is 5.73 Å². The van der Waals surface area contributed by atoms with Crippen molar-refractivity contribution in [3.63, 3.8) is 0 Å². The van der Waals surface area contributed by atoms with E-state index in [2.05, 4.69) is 5.10 Å². The van der Waals surface area contributed by atoms with E-state index in [-0.39, 0.29) is 5.56 Å². The Morgan fingerprint density at radius 3 is 2.47 bits per heavy atom. The van der Waals surface area contributed by atoms with Crippen LogP contribution >= 0.6 is 0 Å². The van der Waals surface area contributed by atoms with Crippen LogP contribution in [0.3, 0.4) is 0 Å². The molecule has 1 aliphatic rings. The highest BCUT2D eigenvalue weighted by atomic mass is 19.4. The van der Waals surface area contributed by atoms with E-state index in [1.165, 1.54) is 6.20 Å². The second-order valence-electron chi connectivity index (χ2n) is 4.02. The van der Waals surface area contributed by atoms with Gasteiger partial charge in [0, 0.05) is 11.1 Å². The molecule has 1 heterocycles. The van der Waals surface area contributed by atoms with Crippen molar-refractivity contribution >= 4 is 0 Å². The quantitative estimate of drug-likeness (QED) is 0.760. The van der Waals surface area contributed by atoms with Crippen molar-refractivity contribution in [3.8, 4) is 0 Å². The molecular weight excluding hydrogens is 207 g/mol. The van der Waals surface area contributed by atoms with Gasteiger partial charge in [0.15, 0.2) is 0 Å². The Bertz CT molecular complexity index is 350. The first kappa shape index (κ1) is 10.5. The van der Waals surface area contributed by atoms with Crippen molar-refractivity contribution in [1.29, 1.82) is 0 Å². The van der Waals surface area contributed by atoms with Gasteiger partial charge in [-0.15, -0.1) is 0 Å². The van der Waals surface area contributed by atoms with Crippen LogP contribution in [-0.4, -0.2) is 10.2 Å². The second kappa shape index (κ2) is 3.23. The highest BCUT2D eigenvalue weighted by molar-refractivity contribution is 5.29. The number of aromatic amines is 1. The predicted molar refractivity (Wildman–Crippen MR) is 47.9 cm³/mol. The van der Waals surface area contributed by atoms with E-state index in [1.54, 1.807) is 0 Å². The normalized spacial score (nSPS) is 20.8. The van der Waals surface area contributed by atoms with E-state index >= 15 is 0 Å². The van der Waals surface area contributed by atoms with E-state index in [1.807, 2.05) is 5.10 Å². The van der Waals surface area contributed by atoms with Crippen molar-refractivity contribution in [2.75, 3.05) is 0 Å². The predicted octanol–water partition coefficient (Wildman–Crippen LogP) is 2.16. The van der Waals surface area contributed by atoms with Gasteiger partial charge in [-0.2, -0.15) is 18.3 Å². The summed E-state index contributed by atoms with van der Waals surface area (Å²) in [6.45, 7) is 0. The maximum atomic E-state index is 12.6. The number of hydrogen-bond donors (Lipinski definition) is 2. The lowest BCUT2D eigenvalue weighted by atomic mass is 9.89. The first-order valence-corrected chi connectivity index (χ1v) is 4.83. The minimum absolute atomic E-state index is 0.104. The highest BCUT2D eigenvalue weighted by Gasteiger charge is 2.43. The number of alkyl halides is 3.